The zero-order valence-electron chi connectivity index (χ0n) is 19.9. The number of hydrogen-bond donors (Lipinski definition) is 1. The Morgan fingerprint density at radius 2 is 1.77 bits per heavy atom. The molecule has 2 saturated heterocycles. The van der Waals surface area contributed by atoms with Crippen molar-refractivity contribution in [2.24, 2.45) is 0 Å². The van der Waals surface area contributed by atoms with Crippen LogP contribution in [0.2, 0.25) is 0 Å². The summed E-state index contributed by atoms with van der Waals surface area (Å²) in [4.78, 5) is 13.2. The minimum Gasteiger partial charge on any atom is -0.495 e. The first-order chi connectivity index (χ1) is 16.7. The number of hydrogen-bond acceptors (Lipinski definition) is 7. The number of fused-ring (bicyclic) bond motifs is 1. The second kappa shape index (κ2) is 8.94. The van der Waals surface area contributed by atoms with Gasteiger partial charge in [-0.1, -0.05) is 6.07 Å². The molecule has 1 N–H and O–H groups in total. The number of carbonyl (C=O) groups is 1. The minimum atomic E-state index is -3.73. The maximum absolute atomic E-state index is 13.4. The van der Waals surface area contributed by atoms with Crippen LogP contribution in [0.25, 0.3) is 11.0 Å². The molecule has 10 heteroatoms. The molecule has 0 unspecified atom stereocenters. The van der Waals surface area contributed by atoms with Crippen LogP contribution in [0.5, 0.6) is 5.75 Å². The molecular weight excluding hydrogens is 472 g/mol. The van der Waals surface area contributed by atoms with E-state index in [0.717, 1.165) is 5.56 Å². The zero-order valence-corrected chi connectivity index (χ0v) is 20.7. The lowest BCUT2D eigenvalue weighted by Gasteiger charge is -2.36. The summed E-state index contributed by atoms with van der Waals surface area (Å²) in [5.74, 6) is -0.444. The van der Waals surface area contributed by atoms with Gasteiger partial charge in [0.1, 0.15) is 11.3 Å². The fraction of sp³-hybridized carbons (Fsp3) is 0.400. The summed E-state index contributed by atoms with van der Waals surface area (Å²) in [6, 6.07) is 10.1. The first kappa shape index (κ1) is 23.8. The molecular formula is C25H28N2O7S. The Morgan fingerprint density at radius 1 is 1.06 bits per heavy atom. The van der Waals surface area contributed by atoms with Crippen LogP contribution in [0.15, 0.2) is 45.7 Å². The number of amides is 1. The van der Waals surface area contributed by atoms with Crippen molar-refractivity contribution in [1.82, 2.24) is 4.31 Å². The largest absolute Gasteiger partial charge is 0.495 e. The van der Waals surface area contributed by atoms with Crippen LogP contribution in [0.1, 0.15) is 34.5 Å². The van der Waals surface area contributed by atoms with Gasteiger partial charge in [-0.15, -0.1) is 0 Å². The maximum atomic E-state index is 13.4. The Kier molecular flexibility index (Phi) is 6.08. The summed E-state index contributed by atoms with van der Waals surface area (Å²) in [5, 5.41) is 3.41. The van der Waals surface area contributed by atoms with Crippen LogP contribution in [0.4, 0.5) is 5.69 Å². The van der Waals surface area contributed by atoms with Crippen molar-refractivity contribution < 1.29 is 31.8 Å². The van der Waals surface area contributed by atoms with Crippen molar-refractivity contribution >= 4 is 32.6 Å². The van der Waals surface area contributed by atoms with Crippen LogP contribution in [-0.4, -0.2) is 57.8 Å². The van der Waals surface area contributed by atoms with E-state index in [1.54, 1.807) is 25.1 Å². The Morgan fingerprint density at radius 3 is 2.46 bits per heavy atom. The molecule has 1 spiro atoms. The standard InChI is InChI=1S/C25H28N2O7S/c1-16-4-6-22(31-3)20(14-16)26-24(28)23-17(2)19-15-18(5-7-21(19)34-23)35(29,30)27-10-8-25(9-11-27)32-12-13-33-25/h4-7,14-15H,8-13H2,1-3H3,(H,26,28). The molecule has 5 rings (SSSR count). The summed E-state index contributed by atoms with van der Waals surface area (Å²) in [6.45, 7) is 5.36. The molecule has 1 amide bonds. The van der Waals surface area contributed by atoms with Crippen LogP contribution in [0, 0.1) is 13.8 Å². The number of sulfonamides is 1. The third-order valence-electron chi connectivity index (χ3n) is 6.65. The molecule has 0 atom stereocenters. The average molecular weight is 501 g/mol. The van der Waals surface area contributed by atoms with Gasteiger partial charge in [-0.25, -0.2) is 8.42 Å². The van der Waals surface area contributed by atoms with Crippen molar-refractivity contribution in [3.8, 4) is 5.75 Å². The highest BCUT2D eigenvalue weighted by molar-refractivity contribution is 7.89. The molecule has 0 saturated carbocycles. The lowest BCUT2D eigenvalue weighted by molar-refractivity contribution is -0.179. The molecule has 2 fully saturated rings. The molecule has 35 heavy (non-hydrogen) atoms. The topological polar surface area (TPSA) is 107 Å². The predicted molar refractivity (Wildman–Crippen MR) is 129 cm³/mol. The highest BCUT2D eigenvalue weighted by Gasteiger charge is 2.42. The number of nitrogens with zero attached hydrogens (tertiary/aromatic N) is 1. The molecule has 0 bridgehead atoms. The number of rotatable bonds is 5. The average Bonchev–Trinajstić information content (AvgIpc) is 3.43. The van der Waals surface area contributed by atoms with E-state index in [9.17, 15) is 13.2 Å². The van der Waals surface area contributed by atoms with Gasteiger partial charge in [-0.3, -0.25) is 4.79 Å². The number of ether oxygens (including phenoxy) is 3. The molecule has 3 aromatic rings. The van der Waals surface area contributed by atoms with E-state index in [1.807, 2.05) is 19.1 Å². The number of piperidine rings is 1. The summed E-state index contributed by atoms with van der Waals surface area (Å²) in [5.41, 5.74) is 2.49. The summed E-state index contributed by atoms with van der Waals surface area (Å²) >= 11 is 0. The highest BCUT2D eigenvalue weighted by atomic mass is 32.2. The molecule has 2 aliphatic rings. The Bertz CT molecular complexity index is 1380. The van der Waals surface area contributed by atoms with E-state index >= 15 is 0 Å². The fourth-order valence-electron chi connectivity index (χ4n) is 4.68. The molecule has 2 aromatic carbocycles. The second-order valence-corrected chi connectivity index (χ2v) is 10.8. The van der Waals surface area contributed by atoms with Gasteiger partial charge in [-0.05, 0) is 49.7 Å². The first-order valence-electron chi connectivity index (χ1n) is 11.5. The fourth-order valence-corrected chi connectivity index (χ4v) is 6.15. The Balaban J connectivity index is 1.40. The molecule has 3 heterocycles. The van der Waals surface area contributed by atoms with E-state index in [2.05, 4.69) is 5.32 Å². The van der Waals surface area contributed by atoms with Gasteiger partial charge in [0.25, 0.3) is 5.91 Å². The molecule has 2 aliphatic heterocycles. The van der Waals surface area contributed by atoms with Crippen LogP contribution in [-0.2, 0) is 19.5 Å². The van der Waals surface area contributed by atoms with E-state index in [1.165, 1.54) is 17.5 Å². The van der Waals surface area contributed by atoms with Gasteiger partial charge in [0.2, 0.25) is 10.0 Å². The number of anilines is 1. The van der Waals surface area contributed by atoms with E-state index in [-0.39, 0.29) is 10.7 Å². The number of furan rings is 1. The quantitative estimate of drug-likeness (QED) is 0.567. The van der Waals surface area contributed by atoms with Gasteiger partial charge in [0.15, 0.2) is 11.5 Å². The lowest BCUT2D eigenvalue weighted by Crippen LogP contribution is -2.47. The molecule has 0 aliphatic carbocycles. The monoisotopic (exact) mass is 500 g/mol. The number of methoxy groups -OCH3 is 1. The van der Waals surface area contributed by atoms with Crippen molar-refractivity contribution in [2.75, 3.05) is 38.7 Å². The summed E-state index contributed by atoms with van der Waals surface area (Å²) < 4.78 is 50.7. The number of carbonyl (C=O) groups excluding carboxylic acids is 1. The Labute approximate surface area is 204 Å². The Hall–Kier alpha value is -2.92. The molecule has 186 valence electrons. The highest BCUT2D eigenvalue weighted by Crippen LogP contribution is 2.35. The second-order valence-electron chi connectivity index (χ2n) is 8.88. The van der Waals surface area contributed by atoms with Crippen molar-refractivity contribution in [1.29, 1.82) is 0 Å². The molecule has 0 radical (unpaired) electrons. The van der Waals surface area contributed by atoms with Gasteiger partial charge in [0.05, 0.1) is 30.9 Å². The van der Waals surface area contributed by atoms with E-state index in [0.29, 0.717) is 67.1 Å². The normalized spacial score (nSPS) is 18.3. The molecule has 9 nitrogen and oxygen atoms in total. The number of aryl methyl sites for hydroxylation is 2. The smallest absolute Gasteiger partial charge is 0.291 e. The predicted octanol–water partition coefficient (Wildman–Crippen LogP) is 3.84. The van der Waals surface area contributed by atoms with Crippen LogP contribution < -0.4 is 10.1 Å². The van der Waals surface area contributed by atoms with E-state index in [4.69, 9.17) is 18.6 Å². The van der Waals surface area contributed by atoms with Gasteiger partial charge in [-0.2, -0.15) is 4.31 Å². The van der Waals surface area contributed by atoms with Crippen molar-refractivity contribution in [3.05, 3.63) is 53.3 Å². The van der Waals surface area contributed by atoms with Crippen molar-refractivity contribution in [3.63, 3.8) is 0 Å². The number of nitrogens with one attached hydrogen (secondary N) is 1. The summed E-state index contributed by atoms with van der Waals surface area (Å²) in [7, 11) is -2.19. The van der Waals surface area contributed by atoms with Gasteiger partial charge >= 0.3 is 0 Å². The zero-order chi connectivity index (χ0) is 24.8. The lowest BCUT2D eigenvalue weighted by atomic mass is 10.1. The third-order valence-corrected chi connectivity index (χ3v) is 8.55. The van der Waals surface area contributed by atoms with Crippen molar-refractivity contribution in [2.45, 2.75) is 37.4 Å². The minimum absolute atomic E-state index is 0.119. The summed E-state index contributed by atoms with van der Waals surface area (Å²) in [6.07, 6.45) is 0.984. The van der Waals surface area contributed by atoms with E-state index < -0.39 is 21.7 Å². The van der Waals surface area contributed by atoms with Crippen LogP contribution >= 0.6 is 0 Å². The van der Waals surface area contributed by atoms with Crippen LogP contribution in [0.3, 0.4) is 0 Å². The maximum Gasteiger partial charge on any atom is 0.291 e. The van der Waals surface area contributed by atoms with Gasteiger partial charge in [0, 0.05) is 36.9 Å². The third kappa shape index (κ3) is 4.31. The SMILES string of the molecule is COc1ccc(C)cc1NC(=O)c1oc2ccc(S(=O)(=O)N3CCC4(CC3)OCCO4)cc2c1C. The van der Waals surface area contributed by atoms with Gasteiger partial charge < -0.3 is 23.9 Å². The number of benzene rings is 2. The molecule has 1 aromatic heterocycles. The first-order valence-corrected chi connectivity index (χ1v) is 12.9.